The van der Waals surface area contributed by atoms with Gasteiger partial charge in [0.15, 0.2) is 11.5 Å². The maximum absolute atomic E-state index is 12.8. The molecule has 38 heavy (non-hydrogen) atoms. The summed E-state index contributed by atoms with van der Waals surface area (Å²) in [6.07, 6.45) is 5.01. The smallest absolute Gasteiger partial charge is 0.227 e. The van der Waals surface area contributed by atoms with E-state index in [1.54, 1.807) is 14.2 Å². The van der Waals surface area contributed by atoms with Gasteiger partial charge in [-0.15, -0.1) is 0 Å². The maximum atomic E-state index is 12.8. The van der Waals surface area contributed by atoms with Crippen LogP contribution in [-0.4, -0.2) is 44.7 Å². The first-order valence-corrected chi connectivity index (χ1v) is 15.6. The zero-order valence-electron chi connectivity index (χ0n) is 23.1. The molecule has 0 aromatic heterocycles. The molecule has 1 spiro atoms. The molecular formula is C31H38NO5P. The van der Waals surface area contributed by atoms with Gasteiger partial charge in [0.25, 0.3) is 0 Å². The molecule has 0 bridgehead atoms. The Kier molecular flexibility index (Phi) is 5.52. The van der Waals surface area contributed by atoms with Gasteiger partial charge in [-0.05, 0) is 83.5 Å². The van der Waals surface area contributed by atoms with Gasteiger partial charge < -0.3 is 18.5 Å². The summed E-state index contributed by atoms with van der Waals surface area (Å²) in [5, 5.41) is 0. The van der Waals surface area contributed by atoms with E-state index in [1.807, 2.05) is 6.66 Å². The standard InChI is InChI=1S/C31H38NO5P/c1-29(2)30(10-8-22-16-28(33)31(22,29)30)18-36-38(5)37-27-14-20-13-25-24-7-6-23(34-3)12-19(24)9-11-32(25)17-21(20)15-26(27)35-4/h6-7,12,14-15,22,25H,8-11,13,16-18H2,1-5H3. The van der Waals surface area contributed by atoms with Gasteiger partial charge in [-0.25, -0.2) is 0 Å². The number of nitrogens with zero attached hydrogens (tertiary/aromatic N) is 1. The summed E-state index contributed by atoms with van der Waals surface area (Å²) in [5.74, 6) is 3.47. The van der Waals surface area contributed by atoms with Crippen LogP contribution in [0.25, 0.3) is 0 Å². The molecule has 2 aromatic carbocycles. The molecule has 0 radical (unpaired) electrons. The Morgan fingerprint density at radius 1 is 1.03 bits per heavy atom. The topological polar surface area (TPSA) is 57.2 Å². The third kappa shape index (κ3) is 3.09. The SMILES string of the molecule is COc1ccc2c(c1)CCN1Cc3cc(OC)c(OP(C)OCC45CCC6CC(=O)C64C5(C)C)cc3CC21. The van der Waals surface area contributed by atoms with Gasteiger partial charge in [-0.1, -0.05) is 19.9 Å². The molecule has 6 nitrogen and oxygen atoms in total. The first kappa shape index (κ1) is 24.9. The first-order valence-electron chi connectivity index (χ1n) is 13.9. The first-order chi connectivity index (χ1) is 18.3. The number of fused-ring (bicyclic) bond motifs is 4. The van der Waals surface area contributed by atoms with E-state index in [2.05, 4.69) is 49.1 Å². The van der Waals surface area contributed by atoms with E-state index in [0.29, 0.717) is 24.3 Å². The average molecular weight is 536 g/mol. The third-order valence-corrected chi connectivity index (χ3v) is 12.0. The molecule has 5 unspecified atom stereocenters. The monoisotopic (exact) mass is 535 g/mol. The van der Waals surface area contributed by atoms with Crippen LogP contribution in [0.15, 0.2) is 30.3 Å². The van der Waals surface area contributed by atoms with Crippen LogP contribution >= 0.6 is 8.38 Å². The van der Waals surface area contributed by atoms with Crippen LogP contribution in [0.3, 0.4) is 0 Å². The van der Waals surface area contributed by atoms with Crippen molar-refractivity contribution in [1.82, 2.24) is 4.90 Å². The summed E-state index contributed by atoms with van der Waals surface area (Å²) in [7, 11) is 2.28. The molecule has 3 fully saturated rings. The fourth-order valence-electron chi connectivity index (χ4n) is 9.16. The van der Waals surface area contributed by atoms with Crippen LogP contribution in [0.1, 0.15) is 61.4 Å². The van der Waals surface area contributed by atoms with E-state index >= 15 is 0 Å². The van der Waals surface area contributed by atoms with Gasteiger partial charge in [0, 0.05) is 43.0 Å². The molecule has 7 rings (SSSR count). The molecule has 0 N–H and O–H groups in total. The largest absolute Gasteiger partial charge is 0.497 e. The van der Waals surface area contributed by atoms with Crippen molar-refractivity contribution in [2.45, 2.75) is 58.5 Å². The normalized spacial score (nSPS) is 32.6. The van der Waals surface area contributed by atoms with Crippen LogP contribution in [0.4, 0.5) is 0 Å². The number of hydrogen-bond acceptors (Lipinski definition) is 6. The van der Waals surface area contributed by atoms with Gasteiger partial charge in [0.05, 0.1) is 20.8 Å². The Balaban J connectivity index is 1.09. The molecule has 2 heterocycles. The second-order valence-corrected chi connectivity index (χ2v) is 13.8. The number of carbonyl (C=O) groups is 1. The molecule has 5 atom stereocenters. The highest BCUT2D eigenvalue weighted by Gasteiger charge is 2.92. The summed E-state index contributed by atoms with van der Waals surface area (Å²) < 4.78 is 24.1. The number of hydrogen-bond donors (Lipinski definition) is 0. The Labute approximate surface area is 226 Å². The molecule has 7 heteroatoms. The summed E-state index contributed by atoms with van der Waals surface area (Å²) in [6, 6.07) is 11.2. The third-order valence-electron chi connectivity index (χ3n) is 11.1. The highest BCUT2D eigenvalue weighted by Crippen LogP contribution is 2.91. The van der Waals surface area contributed by atoms with E-state index < -0.39 is 8.38 Å². The van der Waals surface area contributed by atoms with Crippen molar-refractivity contribution in [2.24, 2.45) is 22.2 Å². The molecule has 2 aromatic rings. The summed E-state index contributed by atoms with van der Waals surface area (Å²) in [5.41, 5.74) is 5.31. The van der Waals surface area contributed by atoms with E-state index in [1.165, 1.54) is 22.3 Å². The average Bonchev–Trinajstić information content (AvgIpc) is 3.21. The van der Waals surface area contributed by atoms with Crippen LogP contribution in [0.5, 0.6) is 17.2 Å². The number of carbonyl (C=O) groups excluding carboxylic acids is 1. The minimum absolute atomic E-state index is 0.0135. The minimum atomic E-state index is -1.16. The summed E-state index contributed by atoms with van der Waals surface area (Å²) >= 11 is 0. The molecule has 3 saturated carbocycles. The van der Waals surface area contributed by atoms with Gasteiger partial charge in [0.2, 0.25) is 8.38 Å². The summed E-state index contributed by atoms with van der Waals surface area (Å²) in [4.78, 5) is 15.3. The van der Waals surface area contributed by atoms with Gasteiger partial charge in [-0.3, -0.25) is 9.69 Å². The lowest BCUT2D eigenvalue weighted by Gasteiger charge is -2.41. The van der Waals surface area contributed by atoms with Crippen molar-refractivity contribution in [3.05, 3.63) is 52.6 Å². The lowest BCUT2D eigenvalue weighted by Crippen LogP contribution is -2.42. The fourth-order valence-corrected chi connectivity index (χ4v) is 10.0. The van der Waals surface area contributed by atoms with E-state index in [9.17, 15) is 4.79 Å². The van der Waals surface area contributed by atoms with Crippen molar-refractivity contribution < 1.29 is 23.3 Å². The van der Waals surface area contributed by atoms with Crippen molar-refractivity contribution in [1.29, 1.82) is 0 Å². The van der Waals surface area contributed by atoms with Crippen LogP contribution in [0.2, 0.25) is 0 Å². The zero-order valence-corrected chi connectivity index (χ0v) is 24.0. The fraction of sp³-hybridized carbons (Fsp3) is 0.581. The van der Waals surface area contributed by atoms with Gasteiger partial charge in [-0.2, -0.15) is 0 Å². The van der Waals surface area contributed by atoms with Gasteiger partial charge >= 0.3 is 0 Å². The Hall–Kier alpha value is -2.14. The van der Waals surface area contributed by atoms with E-state index in [0.717, 1.165) is 62.4 Å². The zero-order chi connectivity index (χ0) is 26.4. The summed E-state index contributed by atoms with van der Waals surface area (Å²) in [6.45, 7) is 9.13. The van der Waals surface area contributed by atoms with E-state index in [-0.39, 0.29) is 16.2 Å². The predicted octanol–water partition coefficient (Wildman–Crippen LogP) is 6.09. The van der Waals surface area contributed by atoms with Crippen molar-refractivity contribution in [2.75, 3.05) is 34.0 Å². The van der Waals surface area contributed by atoms with Crippen LogP contribution in [-0.2, 0) is 28.7 Å². The lowest BCUT2D eigenvalue weighted by molar-refractivity contribution is -0.139. The molecule has 0 saturated heterocycles. The molecule has 2 aliphatic heterocycles. The quantitative estimate of drug-likeness (QED) is 0.400. The van der Waals surface area contributed by atoms with E-state index in [4.69, 9.17) is 18.5 Å². The lowest BCUT2D eigenvalue weighted by atomic mass is 9.65. The maximum Gasteiger partial charge on any atom is 0.227 e. The van der Waals surface area contributed by atoms with Crippen molar-refractivity contribution in [3.8, 4) is 17.2 Å². The van der Waals surface area contributed by atoms with Gasteiger partial charge in [0.1, 0.15) is 11.5 Å². The number of rotatable bonds is 7. The van der Waals surface area contributed by atoms with Crippen LogP contribution < -0.4 is 14.0 Å². The number of benzene rings is 2. The minimum Gasteiger partial charge on any atom is -0.497 e. The molecule has 3 aliphatic carbocycles. The number of methoxy groups -OCH3 is 2. The van der Waals surface area contributed by atoms with Crippen LogP contribution in [0, 0.1) is 22.2 Å². The molecule has 5 aliphatic rings. The molecule has 202 valence electrons. The second kappa shape index (κ2) is 8.43. The molecule has 0 amide bonds. The Morgan fingerprint density at radius 2 is 1.84 bits per heavy atom. The van der Waals surface area contributed by atoms with Crippen molar-refractivity contribution in [3.63, 3.8) is 0 Å². The number of ether oxygens (including phenoxy) is 2. The number of Topliss-reactive ketones (excluding diaryl/α,β-unsaturated/α-hetero) is 1. The highest BCUT2D eigenvalue weighted by atomic mass is 31.2. The molecular weight excluding hydrogens is 497 g/mol. The number of ketones is 1. The highest BCUT2D eigenvalue weighted by molar-refractivity contribution is 7.46. The Morgan fingerprint density at radius 3 is 2.58 bits per heavy atom. The van der Waals surface area contributed by atoms with Crippen molar-refractivity contribution >= 4 is 14.2 Å². The second-order valence-electron chi connectivity index (χ2n) is 12.5. The Bertz CT molecular complexity index is 1330. The predicted molar refractivity (Wildman–Crippen MR) is 147 cm³/mol.